The molecular formula is C15H18FNO. The lowest BCUT2D eigenvalue weighted by Crippen LogP contribution is -2.14. The third-order valence-electron chi connectivity index (χ3n) is 3.20. The molecule has 1 aromatic heterocycles. The molecule has 0 aliphatic carbocycles. The molecule has 0 radical (unpaired) electrons. The van der Waals surface area contributed by atoms with Crippen LogP contribution < -0.4 is 5.32 Å². The van der Waals surface area contributed by atoms with Crippen LogP contribution in [0.4, 0.5) is 4.39 Å². The quantitative estimate of drug-likeness (QED) is 0.881. The zero-order valence-electron chi connectivity index (χ0n) is 11.0. The van der Waals surface area contributed by atoms with E-state index < -0.39 is 0 Å². The van der Waals surface area contributed by atoms with Crippen LogP contribution in [0.5, 0.6) is 0 Å². The van der Waals surface area contributed by atoms with E-state index in [0.717, 1.165) is 17.7 Å². The molecule has 2 aromatic rings. The number of benzene rings is 1. The zero-order chi connectivity index (χ0) is 13.1. The SMILES string of the molecule is CCC(NC)c1ccc(-c2c(C)cccc2F)o1. The summed E-state index contributed by atoms with van der Waals surface area (Å²) in [5.41, 5.74) is 1.43. The van der Waals surface area contributed by atoms with Crippen molar-refractivity contribution < 1.29 is 8.81 Å². The molecule has 1 heterocycles. The van der Waals surface area contributed by atoms with Gasteiger partial charge in [0.05, 0.1) is 11.6 Å². The first kappa shape index (κ1) is 12.8. The lowest BCUT2D eigenvalue weighted by Gasteiger charge is -2.10. The van der Waals surface area contributed by atoms with Crippen LogP contribution >= 0.6 is 0 Å². The molecule has 0 saturated heterocycles. The highest BCUT2D eigenvalue weighted by Crippen LogP contribution is 2.30. The Morgan fingerprint density at radius 1 is 1.28 bits per heavy atom. The van der Waals surface area contributed by atoms with Crippen LogP contribution in [0.25, 0.3) is 11.3 Å². The highest BCUT2D eigenvalue weighted by molar-refractivity contribution is 5.62. The monoisotopic (exact) mass is 247 g/mol. The summed E-state index contributed by atoms with van der Waals surface area (Å²) >= 11 is 0. The Kier molecular flexibility index (Phi) is 3.82. The number of furan rings is 1. The highest BCUT2D eigenvalue weighted by atomic mass is 19.1. The van der Waals surface area contributed by atoms with Crippen molar-refractivity contribution in [3.05, 3.63) is 47.5 Å². The van der Waals surface area contributed by atoms with Crippen LogP contribution in [0.3, 0.4) is 0 Å². The van der Waals surface area contributed by atoms with Crippen LogP contribution in [0.2, 0.25) is 0 Å². The second-order valence-corrected chi connectivity index (χ2v) is 4.38. The van der Waals surface area contributed by atoms with Gasteiger partial charge < -0.3 is 9.73 Å². The molecule has 0 spiro atoms. The molecule has 96 valence electrons. The molecule has 0 aliphatic heterocycles. The van der Waals surface area contributed by atoms with Crippen molar-refractivity contribution in [2.24, 2.45) is 0 Å². The van der Waals surface area contributed by atoms with Crippen LogP contribution in [0.15, 0.2) is 34.7 Å². The van der Waals surface area contributed by atoms with Crippen LogP contribution in [-0.2, 0) is 0 Å². The Balaban J connectivity index is 2.41. The summed E-state index contributed by atoms with van der Waals surface area (Å²) in [6, 6.07) is 8.97. The minimum Gasteiger partial charge on any atom is -0.459 e. The van der Waals surface area contributed by atoms with E-state index >= 15 is 0 Å². The van der Waals surface area contributed by atoms with E-state index in [0.29, 0.717) is 11.3 Å². The summed E-state index contributed by atoms with van der Waals surface area (Å²) in [6.45, 7) is 3.97. The van der Waals surface area contributed by atoms with Crippen molar-refractivity contribution in [1.29, 1.82) is 0 Å². The lowest BCUT2D eigenvalue weighted by atomic mass is 10.1. The van der Waals surface area contributed by atoms with E-state index in [9.17, 15) is 4.39 Å². The fraction of sp³-hybridized carbons (Fsp3) is 0.333. The van der Waals surface area contributed by atoms with Gasteiger partial charge in [0, 0.05) is 0 Å². The maximum Gasteiger partial charge on any atom is 0.137 e. The van der Waals surface area contributed by atoms with Crippen molar-refractivity contribution in [3.63, 3.8) is 0 Å². The Labute approximate surface area is 107 Å². The van der Waals surface area contributed by atoms with Gasteiger partial charge in [-0.2, -0.15) is 0 Å². The molecule has 0 fully saturated rings. The molecule has 1 unspecified atom stereocenters. The number of rotatable bonds is 4. The van der Waals surface area contributed by atoms with Crippen molar-refractivity contribution in [1.82, 2.24) is 5.32 Å². The fourth-order valence-electron chi connectivity index (χ4n) is 2.17. The van der Waals surface area contributed by atoms with Gasteiger partial charge in [0.15, 0.2) is 0 Å². The van der Waals surface area contributed by atoms with E-state index in [1.54, 1.807) is 6.07 Å². The molecule has 3 heteroatoms. The summed E-state index contributed by atoms with van der Waals surface area (Å²) in [5, 5.41) is 3.17. The van der Waals surface area contributed by atoms with E-state index in [-0.39, 0.29) is 11.9 Å². The third kappa shape index (κ3) is 2.31. The molecule has 1 atom stereocenters. The topological polar surface area (TPSA) is 25.2 Å². The van der Waals surface area contributed by atoms with Gasteiger partial charge in [0.1, 0.15) is 17.3 Å². The predicted octanol–water partition coefficient (Wildman–Crippen LogP) is 4.06. The lowest BCUT2D eigenvalue weighted by molar-refractivity contribution is 0.430. The van der Waals surface area contributed by atoms with Crippen LogP contribution in [0.1, 0.15) is 30.7 Å². The van der Waals surface area contributed by atoms with E-state index in [2.05, 4.69) is 12.2 Å². The Bertz CT molecular complexity index is 509. The molecule has 18 heavy (non-hydrogen) atoms. The molecule has 0 amide bonds. The third-order valence-corrected chi connectivity index (χ3v) is 3.20. The first-order valence-corrected chi connectivity index (χ1v) is 6.19. The van der Waals surface area contributed by atoms with Crippen molar-refractivity contribution >= 4 is 0 Å². The largest absolute Gasteiger partial charge is 0.459 e. The number of aryl methyl sites for hydroxylation is 1. The fourth-order valence-corrected chi connectivity index (χ4v) is 2.17. The summed E-state index contributed by atoms with van der Waals surface area (Å²) in [6.07, 6.45) is 0.930. The predicted molar refractivity (Wildman–Crippen MR) is 70.9 cm³/mol. The first-order valence-electron chi connectivity index (χ1n) is 6.19. The molecule has 2 rings (SSSR count). The first-order chi connectivity index (χ1) is 8.67. The van der Waals surface area contributed by atoms with E-state index in [1.807, 2.05) is 32.2 Å². The number of hydrogen-bond acceptors (Lipinski definition) is 2. The van der Waals surface area contributed by atoms with Gasteiger partial charge >= 0.3 is 0 Å². The smallest absolute Gasteiger partial charge is 0.137 e. The Morgan fingerprint density at radius 3 is 2.67 bits per heavy atom. The van der Waals surface area contributed by atoms with Crippen molar-refractivity contribution in [2.75, 3.05) is 7.05 Å². The maximum atomic E-state index is 13.8. The molecule has 2 nitrogen and oxygen atoms in total. The average Bonchev–Trinajstić information content (AvgIpc) is 2.80. The van der Waals surface area contributed by atoms with Gasteiger partial charge in [-0.3, -0.25) is 0 Å². The molecule has 1 N–H and O–H groups in total. The Hall–Kier alpha value is -1.61. The highest BCUT2D eigenvalue weighted by Gasteiger charge is 2.15. The average molecular weight is 247 g/mol. The normalized spacial score (nSPS) is 12.7. The number of halogens is 1. The van der Waals surface area contributed by atoms with Gasteiger partial charge in [-0.05, 0) is 44.2 Å². The summed E-state index contributed by atoms with van der Waals surface area (Å²) in [7, 11) is 1.89. The molecular weight excluding hydrogens is 229 g/mol. The minimum atomic E-state index is -0.242. The molecule has 0 aliphatic rings. The van der Waals surface area contributed by atoms with Crippen LogP contribution in [-0.4, -0.2) is 7.05 Å². The summed E-state index contributed by atoms with van der Waals surface area (Å²) in [4.78, 5) is 0. The second-order valence-electron chi connectivity index (χ2n) is 4.38. The number of nitrogens with one attached hydrogen (secondary N) is 1. The van der Waals surface area contributed by atoms with Gasteiger partial charge in [0.25, 0.3) is 0 Å². The number of hydrogen-bond donors (Lipinski definition) is 1. The second kappa shape index (κ2) is 5.36. The minimum absolute atomic E-state index is 0.172. The summed E-state index contributed by atoms with van der Waals surface area (Å²) in [5.74, 6) is 1.19. The van der Waals surface area contributed by atoms with Gasteiger partial charge in [-0.15, -0.1) is 0 Å². The molecule has 0 saturated carbocycles. The van der Waals surface area contributed by atoms with Crippen molar-refractivity contribution in [2.45, 2.75) is 26.3 Å². The zero-order valence-corrected chi connectivity index (χ0v) is 11.0. The van der Waals surface area contributed by atoms with Crippen molar-refractivity contribution in [3.8, 4) is 11.3 Å². The Morgan fingerprint density at radius 2 is 2.06 bits per heavy atom. The molecule has 0 bridgehead atoms. The van der Waals surface area contributed by atoms with Crippen LogP contribution in [0, 0.1) is 12.7 Å². The molecule has 1 aromatic carbocycles. The van der Waals surface area contributed by atoms with Gasteiger partial charge in [0.2, 0.25) is 0 Å². The standard InChI is InChI=1S/C15H18FNO/c1-4-12(17-3)13-8-9-14(18-13)15-10(2)6-5-7-11(15)16/h5-9,12,17H,4H2,1-3H3. The van der Waals surface area contributed by atoms with Gasteiger partial charge in [-0.25, -0.2) is 4.39 Å². The van der Waals surface area contributed by atoms with Gasteiger partial charge in [-0.1, -0.05) is 19.1 Å². The summed E-state index contributed by atoms with van der Waals surface area (Å²) < 4.78 is 19.6. The van der Waals surface area contributed by atoms with E-state index in [1.165, 1.54) is 6.07 Å². The maximum absolute atomic E-state index is 13.8. The van der Waals surface area contributed by atoms with E-state index in [4.69, 9.17) is 4.42 Å².